The van der Waals surface area contributed by atoms with Gasteiger partial charge >= 0.3 is 0 Å². The van der Waals surface area contributed by atoms with Gasteiger partial charge in [-0.1, -0.05) is 41.4 Å². The van der Waals surface area contributed by atoms with Crippen molar-refractivity contribution in [2.45, 2.75) is 11.5 Å². The molecule has 3 rings (SSSR count). The lowest BCUT2D eigenvalue weighted by Gasteiger charge is -2.07. The number of sulfone groups is 1. The van der Waals surface area contributed by atoms with Crippen LogP contribution in [-0.2, 0) is 21.3 Å². The highest BCUT2D eigenvalue weighted by Gasteiger charge is 2.20. The molecule has 0 aliphatic carbocycles. The first kappa shape index (κ1) is 19.2. The van der Waals surface area contributed by atoms with Crippen molar-refractivity contribution in [2.75, 3.05) is 7.11 Å². The SMILES string of the molecule is COc1ccccc1-c1nc(CS(=O)(=O)Cc2c(Cl)cccc2Cl)cs1. The molecule has 0 radical (unpaired) electrons. The Morgan fingerprint density at radius 3 is 2.42 bits per heavy atom. The molecule has 136 valence electrons. The van der Waals surface area contributed by atoms with Crippen LogP contribution in [0.2, 0.25) is 10.0 Å². The molecule has 0 atom stereocenters. The van der Waals surface area contributed by atoms with Gasteiger partial charge in [0.25, 0.3) is 0 Å². The highest BCUT2D eigenvalue weighted by Crippen LogP contribution is 2.33. The molecule has 1 heterocycles. The minimum absolute atomic E-state index is 0.180. The van der Waals surface area contributed by atoms with E-state index in [2.05, 4.69) is 4.98 Å². The summed E-state index contributed by atoms with van der Waals surface area (Å²) in [6.07, 6.45) is 0. The number of rotatable bonds is 6. The minimum atomic E-state index is -3.47. The monoisotopic (exact) mass is 427 g/mol. The van der Waals surface area contributed by atoms with E-state index in [1.807, 2.05) is 24.3 Å². The van der Waals surface area contributed by atoms with E-state index in [0.29, 0.717) is 32.1 Å². The molecule has 0 bridgehead atoms. The maximum Gasteiger partial charge on any atom is 0.160 e. The molecule has 4 nitrogen and oxygen atoms in total. The Morgan fingerprint density at radius 1 is 1.04 bits per heavy atom. The topological polar surface area (TPSA) is 56.3 Å². The second kappa shape index (κ2) is 7.96. The second-order valence-corrected chi connectivity index (χ2v) is 9.31. The van der Waals surface area contributed by atoms with Gasteiger partial charge < -0.3 is 4.74 Å². The van der Waals surface area contributed by atoms with E-state index in [0.717, 1.165) is 5.56 Å². The quantitative estimate of drug-likeness (QED) is 0.539. The summed E-state index contributed by atoms with van der Waals surface area (Å²) in [4.78, 5) is 4.45. The third-order valence-corrected chi connectivity index (χ3v) is 6.78. The van der Waals surface area contributed by atoms with Crippen LogP contribution in [0.4, 0.5) is 0 Å². The van der Waals surface area contributed by atoms with Gasteiger partial charge in [-0.25, -0.2) is 13.4 Å². The first-order valence-electron chi connectivity index (χ1n) is 7.61. The first-order valence-corrected chi connectivity index (χ1v) is 11.1. The first-order chi connectivity index (χ1) is 12.4. The van der Waals surface area contributed by atoms with Crippen molar-refractivity contribution in [3.8, 4) is 16.3 Å². The summed E-state index contributed by atoms with van der Waals surface area (Å²) in [7, 11) is -1.88. The zero-order valence-electron chi connectivity index (χ0n) is 13.8. The number of aromatic nitrogens is 1. The number of methoxy groups -OCH3 is 1. The zero-order chi connectivity index (χ0) is 18.7. The van der Waals surface area contributed by atoms with Crippen LogP contribution in [0.3, 0.4) is 0 Å². The minimum Gasteiger partial charge on any atom is -0.496 e. The van der Waals surface area contributed by atoms with Gasteiger partial charge in [0.1, 0.15) is 10.8 Å². The normalized spacial score (nSPS) is 11.5. The molecule has 3 aromatic rings. The Kier molecular flexibility index (Phi) is 5.87. The lowest BCUT2D eigenvalue weighted by Crippen LogP contribution is -2.08. The average Bonchev–Trinajstić information content (AvgIpc) is 3.06. The summed E-state index contributed by atoms with van der Waals surface area (Å²) in [5.41, 5.74) is 1.73. The Balaban J connectivity index is 1.82. The van der Waals surface area contributed by atoms with E-state index in [1.165, 1.54) is 11.3 Å². The van der Waals surface area contributed by atoms with E-state index >= 15 is 0 Å². The third-order valence-electron chi connectivity index (χ3n) is 3.68. The fraction of sp³-hybridized carbons (Fsp3) is 0.167. The lowest BCUT2D eigenvalue weighted by atomic mass is 10.2. The number of benzene rings is 2. The number of nitrogens with zero attached hydrogens (tertiary/aromatic N) is 1. The van der Waals surface area contributed by atoms with Crippen molar-refractivity contribution in [1.82, 2.24) is 4.98 Å². The summed E-state index contributed by atoms with van der Waals surface area (Å²) < 4.78 is 30.5. The van der Waals surface area contributed by atoms with Crippen molar-refractivity contribution >= 4 is 44.4 Å². The van der Waals surface area contributed by atoms with Crippen molar-refractivity contribution in [1.29, 1.82) is 0 Å². The van der Waals surface area contributed by atoms with Crippen LogP contribution in [-0.4, -0.2) is 20.5 Å². The lowest BCUT2D eigenvalue weighted by molar-refractivity contribution is 0.416. The molecule has 0 saturated heterocycles. The van der Waals surface area contributed by atoms with E-state index in [4.69, 9.17) is 27.9 Å². The standard InChI is InChI=1S/C18H15Cl2NO3S2/c1-24-17-8-3-2-5-13(17)18-21-12(9-25-18)10-26(22,23)11-14-15(19)6-4-7-16(14)20/h2-9H,10-11H2,1H3. The summed E-state index contributed by atoms with van der Waals surface area (Å²) in [5, 5.41) is 3.14. The van der Waals surface area contributed by atoms with Crippen LogP contribution < -0.4 is 4.74 Å². The van der Waals surface area contributed by atoms with Crippen LogP contribution in [0.15, 0.2) is 47.8 Å². The summed E-state index contributed by atoms with van der Waals surface area (Å²) in [6, 6.07) is 12.4. The van der Waals surface area contributed by atoms with Gasteiger partial charge in [-0.2, -0.15) is 0 Å². The Hall–Kier alpha value is -1.60. The highest BCUT2D eigenvalue weighted by atomic mass is 35.5. The molecule has 0 spiro atoms. The zero-order valence-corrected chi connectivity index (χ0v) is 16.9. The molecule has 0 unspecified atom stereocenters. The largest absolute Gasteiger partial charge is 0.496 e. The Labute approximate surface area is 166 Å². The van der Waals surface area contributed by atoms with Gasteiger partial charge in [0.05, 0.1) is 29.9 Å². The fourth-order valence-corrected chi connectivity index (χ4v) is 5.58. The molecular weight excluding hydrogens is 413 g/mol. The predicted octanol–water partition coefficient (Wildman–Crippen LogP) is 5.24. The molecule has 26 heavy (non-hydrogen) atoms. The number of hydrogen-bond donors (Lipinski definition) is 0. The molecule has 1 aromatic heterocycles. The maximum absolute atomic E-state index is 12.6. The molecule has 0 fully saturated rings. The van der Waals surface area contributed by atoms with E-state index in [1.54, 1.807) is 30.7 Å². The molecule has 0 amide bonds. The van der Waals surface area contributed by atoms with Crippen molar-refractivity contribution in [3.63, 3.8) is 0 Å². The molecule has 2 aromatic carbocycles. The second-order valence-electron chi connectivity index (χ2n) is 5.58. The van der Waals surface area contributed by atoms with Gasteiger partial charge in [0, 0.05) is 21.0 Å². The van der Waals surface area contributed by atoms with Crippen LogP contribution in [0.25, 0.3) is 10.6 Å². The smallest absolute Gasteiger partial charge is 0.160 e. The van der Waals surface area contributed by atoms with Gasteiger partial charge in [0.2, 0.25) is 0 Å². The fourth-order valence-electron chi connectivity index (χ4n) is 2.48. The van der Waals surface area contributed by atoms with Gasteiger partial charge in [-0.15, -0.1) is 11.3 Å². The molecule has 0 N–H and O–H groups in total. The molecular formula is C18H15Cl2NO3S2. The van der Waals surface area contributed by atoms with Gasteiger partial charge in [-0.05, 0) is 24.3 Å². The van der Waals surface area contributed by atoms with Crippen molar-refractivity contribution < 1.29 is 13.2 Å². The average molecular weight is 428 g/mol. The van der Waals surface area contributed by atoms with E-state index < -0.39 is 9.84 Å². The van der Waals surface area contributed by atoms with Gasteiger partial charge in [-0.3, -0.25) is 0 Å². The van der Waals surface area contributed by atoms with Gasteiger partial charge in [0.15, 0.2) is 9.84 Å². The van der Waals surface area contributed by atoms with Crippen LogP contribution >= 0.6 is 34.5 Å². The van der Waals surface area contributed by atoms with Crippen LogP contribution in [0.1, 0.15) is 11.3 Å². The summed E-state index contributed by atoms with van der Waals surface area (Å²) in [6.45, 7) is 0. The third kappa shape index (κ3) is 4.38. The summed E-state index contributed by atoms with van der Waals surface area (Å²) >= 11 is 13.5. The van der Waals surface area contributed by atoms with E-state index in [-0.39, 0.29) is 11.5 Å². The van der Waals surface area contributed by atoms with Crippen molar-refractivity contribution in [3.05, 3.63) is 69.1 Å². The predicted molar refractivity (Wildman–Crippen MR) is 107 cm³/mol. The van der Waals surface area contributed by atoms with Crippen LogP contribution in [0.5, 0.6) is 5.75 Å². The Bertz CT molecular complexity index is 1010. The number of halogens is 2. The molecule has 8 heteroatoms. The van der Waals surface area contributed by atoms with E-state index in [9.17, 15) is 8.42 Å². The maximum atomic E-state index is 12.6. The molecule has 0 saturated carbocycles. The number of ether oxygens (including phenoxy) is 1. The Morgan fingerprint density at radius 2 is 1.73 bits per heavy atom. The highest BCUT2D eigenvalue weighted by molar-refractivity contribution is 7.89. The summed E-state index contributed by atoms with van der Waals surface area (Å²) in [5.74, 6) is 0.284. The van der Waals surface area contributed by atoms with Crippen LogP contribution in [0, 0.1) is 0 Å². The molecule has 0 aliphatic heterocycles. The molecule has 0 aliphatic rings. The number of thiazole rings is 1. The number of hydrogen-bond acceptors (Lipinski definition) is 5. The number of para-hydroxylation sites is 1. The van der Waals surface area contributed by atoms with Crippen molar-refractivity contribution in [2.24, 2.45) is 0 Å².